The number of aromatic nitrogens is 3. The molecule has 7 heteroatoms. The summed E-state index contributed by atoms with van der Waals surface area (Å²) in [5.41, 5.74) is 12.1. The van der Waals surface area contributed by atoms with E-state index in [4.69, 9.17) is 5.73 Å². The zero-order chi connectivity index (χ0) is 23.5. The van der Waals surface area contributed by atoms with Gasteiger partial charge in [0.2, 0.25) is 0 Å². The lowest BCUT2D eigenvalue weighted by Gasteiger charge is -2.35. The van der Waals surface area contributed by atoms with Gasteiger partial charge in [-0.1, -0.05) is 13.0 Å². The first-order valence-electron chi connectivity index (χ1n) is 11.5. The summed E-state index contributed by atoms with van der Waals surface area (Å²) in [5, 5.41) is 0. The van der Waals surface area contributed by atoms with Crippen LogP contribution in [0.15, 0.2) is 42.9 Å². The number of rotatable bonds is 5. The second-order valence-corrected chi connectivity index (χ2v) is 8.89. The summed E-state index contributed by atoms with van der Waals surface area (Å²) in [6, 6.07) is 10.3. The van der Waals surface area contributed by atoms with Gasteiger partial charge in [0.15, 0.2) is 0 Å². The van der Waals surface area contributed by atoms with Crippen LogP contribution in [0.25, 0.3) is 22.4 Å². The number of hydrogen-bond acceptors (Lipinski definition) is 6. The van der Waals surface area contributed by atoms with Gasteiger partial charge >= 0.3 is 0 Å². The molecule has 3 aromatic rings. The van der Waals surface area contributed by atoms with Crippen LogP contribution < -0.4 is 5.73 Å². The van der Waals surface area contributed by atoms with Crippen molar-refractivity contribution in [1.82, 2.24) is 24.8 Å². The first-order chi connectivity index (χ1) is 15.9. The Morgan fingerprint density at radius 3 is 2.42 bits per heavy atom. The maximum Gasteiger partial charge on any atom is 0.254 e. The monoisotopic (exact) mass is 444 g/mol. The van der Waals surface area contributed by atoms with E-state index in [0.29, 0.717) is 11.9 Å². The molecule has 0 saturated carbocycles. The molecule has 172 valence electrons. The van der Waals surface area contributed by atoms with Crippen LogP contribution in [0, 0.1) is 6.92 Å². The van der Waals surface area contributed by atoms with Crippen LogP contribution in [0.1, 0.15) is 41.4 Å². The van der Waals surface area contributed by atoms with Crippen molar-refractivity contribution in [2.24, 2.45) is 0 Å². The van der Waals surface area contributed by atoms with Gasteiger partial charge in [0.25, 0.3) is 5.91 Å². The molecule has 1 aromatic carbocycles. The van der Waals surface area contributed by atoms with Crippen molar-refractivity contribution in [1.29, 1.82) is 0 Å². The largest absolute Gasteiger partial charge is 0.384 e. The molecule has 3 heterocycles. The number of aryl methyl sites for hydroxylation is 2. The molecular formula is C26H32N6O. The molecule has 0 aliphatic carbocycles. The van der Waals surface area contributed by atoms with Crippen molar-refractivity contribution in [2.45, 2.75) is 39.2 Å². The molecule has 1 aliphatic rings. The van der Waals surface area contributed by atoms with E-state index in [1.807, 2.05) is 30.0 Å². The Morgan fingerprint density at radius 1 is 1.09 bits per heavy atom. The Bertz CT molecular complexity index is 1130. The highest BCUT2D eigenvalue weighted by Crippen LogP contribution is 2.33. The van der Waals surface area contributed by atoms with Crippen molar-refractivity contribution < 1.29 is 4.79 Å². The third-order valence-electron chi connectivity index (χ3n) is 6.55. The van der Waals surface area contributed by atoms with Crippen LogP contribution in [-0.2, 0) is 6.42 Å². The maximum absolute atomic E-state index is 13.2. The number of nitrogen functional groups attached to an aromatic ring is 1. The van der Waals surface area contributed by atoms with E-state index in [9.17, 15) is 4.79 Å². The molecule has 0 unspecified atom stereocenters. The average Bonchev–Trinajstić information content (AvgIpc) is 2.83. The molecule has 0 radical (unpaired) electrons. The molecule has 1 amide bonds. The summed E-state index contributed by atoms with van der Waals surface area (Å²) in [4.78, 5) is 30.8. The predicted octanol–water partition coefficient (Wildman–Crippen LogP) is 3.82. The van der Waals surface area contributed by atoms with Crippen molar-refractivity contribution in [3.8, 4) is 22.4 Å². The van der Waals surface area contributed by atoms with E-state index in [1.165, 1.54) is 0 Å². The number of nitrogens with two attached hydrogens (primary N) is 1. The lowest BCUT2D eigenvalue weighted by molar-refractivity contribution is 0.0662. The minimum absolute atomic E-state index is 0.108. The third kappa shape index (κ3) is 4.73. The highest BCUT2D eigenvalue weighted by molar-refractivity contribution is 5.96. The van der Waals surface area contributed by atoms with Crippen molar-refractivity contribution >= 4 is 11.7 Å². The molecule has 4 rings (SSSR count). The fraction of sp³-hybridized carbons (Fsp3) is 0.385. The number of pyridine rings is 1. The lowest BCUT2D eigenvalue weighted by atomic mass is 9.95. The summed E-state index contributed by atoms with van der Waals surface area (Å²) in [7, 11) is 4.22. The van der Waals surface area contributed by atoms with E-state index in [2.05, 4.69) is 46.9 Å². The Hall–Kier alpha value is -3.32. The van der Waals surface area contributed by atoms with Crippen LogP contribution in [0.2, 0.25) is 0 Å². The molecule has 1 saturated heterocycles. The first kappa shape index (κ1) is 22.9. The molecule has 1 aliphatic heterocycles. The van der Waals surface area contributed by atoms with Gasteiger partial charge in [-0.15, -0.1) is 0 Å². The van der Waals surface area contributed by atoms with Gasteiger partial charge < -0.3 is 15.5 Å². The Balaban J connectivity index is 1.65. The van der Waals surface area contributed by atoms with Gasteiger partial charge in [0, 0.05) is 47.6 Å². The number of likely N-dealkylation sites (tertiary alicyclic amines) is 1. The topological polar surface area (TPSA) is 88.2 Å². The molecule has 1 fully saturated rings. The van der Waals surface area contributed by atoms with Gasteiger partial charge in [0.1, 0.15) is 12.1 Å². The smallest absolute Gasteiger partial charge is 0.254 e. The average molecular weight is 445 g/mol. The second kappa shape index (κ2) is 9.67. The number of anilines is 1. The van der Waals surface area contributed by atoms with Crippen molar-refractivity contribution in [3.05, 3.63) is 59.7 Å². The number of piperidine rings is 1. The van der Waals surface area contributed by atoms with Gasteiger partial charge in [0.05, 0.1) is 11.4 Å². The van der Waals surface area contributed by atoms with Crippen LogP contribution >= 0.6 is 0 Å². The number of carbonyl (C=O) groups is 1. The van der Waals surface area contributed by atoms with Crippen LogP contribution in [0.5, 0.6) is 0 Å². The van der Waals surface area contributed by atoms with Crippen LogP contribution in [0.4, 0.5) is 5.82 Å². The molecule has 0 bridgehead atoms. The summed E-state index contributed by atoms with van der Waals surface area (Å²) in [5.74, 6) is 0.583. The Kier molecular flexibility index (Phi) is 6.70. The maximum atomic E-state index is 13.2. The highest BCUT2D eigenvalue weighted by Gasteiger charge is 2.25. The third-order valence-corrected chi connectivity index (χ3v) is 6.55. The molecule has 2 N–H and O–H groups in total. The molecule has 33 heavy (non-hydrogen) atoms. The number of hydrogen-bond donors (Lipinski definition) is 1. The first-order valence-corrected chi connectivity index (χ1v) is 11.5. The normalized spacial score (nSPS) is 14.6. The number of benzene rings is 1. The summed E-state index contributed by atoms with van der Waals surface area (Å²) < 4.78 is 0. The number of nitrogens with zero attached hydrogens (tertiary/aromatic N) is 5. The minimum Gasteiger partial charge on any atom is -0.384 e. The molecule has 0 spiro atoms. The zero-order valence-electron chi connectivity index (χ0n) is 19.9. The van der Waals surface area contributed by atoms with Crippen molar-refractivity contribution in [3.63, 3.8) is 0 Å². The number of carbonyl (C=O) groups excluding carboxylic acids is 1. The molecule has 7 nitrogen and oxygen atoms in total. The molecule has 0 atom stereocenters. The van der Waals surface area contributed by atoms with E-state index < -0.39 is 0 Å². The van der Waals surface area contributed by atoms with Crippen LogP contribution in [0.3, 0.4) is 0 Å². The molecular weight excluding hydrogens is 412 g/mol. The SMILES string of the molecule is CCc1ncnc(-c2ccc(C(=O)N3CCC(N(C)C)CC3)c(C)c2)c1-c1ccc(N)nc1. The van der Waals surface area contributed by atoms with Crippen molar-refractivity contribution in [2.75, 3.05) is 32.9 Å². The zero-order valence-corrected chi connectivity index (χ0v) is 19.9. The fourth-order valence-corrected chi connectivity index (χ4v) is 4.57. The van der Waals surface area contributed by atoms with Gasteiger partial charge in [-0.05, 0) is 70.1 Å². The second-order valence-electron chi connectivity index (χ2n) is 8.89. The molecule has 2 aromatic heterocycles. The van der Waals surface area contributed by atoms with E-state index in [0.717, 1.165) is 71.6 Å². The van der Waals surface area contributed by atoms with Crippen LogP contribution in [-0.4, -0.2) is 63.9 Å². The number of amides is 1. The summed E-state index contributed by atoms with van der Waals surface area (Å²) >= 11 is 0. The highest BCUT2D eigenvalue weighted by atomic mass is 16.2. The van der Waals surface area contributed by atoms with Gasteiger partial charge in [-0.25, -0.2) is 15.0 Å². The summed E-state index contributed by atoms with van der Waals surface area (Å²) in [6.07, 6.45) is 6.16. The Labute approximate surface area is 195 Å². The summed E-state index contributed by atoms with van der Waals surface area (Å²) in [6.45, 7) is 5.66. The van der Waals surface area contributed by atoms with E-state index >= 15 is 0 Å². The Morgan fingerprint density at radius 2 is 1.82 bits per heavy atom. The lowest BCUT2D eigenvalue weighted by Crippen LogP contribution is -2.44. The predicted molar refractivity (Wildman–Crippen MR) is 132 cm³/mol. The standard InChI is InChI=1S/C26H32N6O/c1-5-22-24(19-7-9-23(27)28-15-19)25(30-16-29-22)18-6-8-21(17(2)14-18)26(33)32-12-10-20(11-13-32)31(3)4/h6-9,14-16,20H,5,10-13H2,1-4H3,(H2,27,28). The quantitative estimate of drug-likeness (QED) is 0.644. The van der Waals surface area contributed by atoms with Gasteiger partial charge in [-0.3, -0.25) is 4.79 Å². The fourth-order valence-electron chi connectivity index (χ4n) is 4.57. The van der Waals surface area contributed by atoms with E-state index in [-0.39, 0.29) is 5.91 Å². The van der Waals surface area contributed by atoms with Gasteiger partial charge in [-0.2, -0.15) is 0 Å². The minimum atomic E-state index is 0.108. The van der Waals surface area contributed by atoms with E-state index in [1.54, 1.807) is 18.6 Å².